The van der Waals surface area contributed by atoms with Crippen LogP contribution in [0, 0.1) is 13.8 Å². The number of methoxy groups -OCH3 is 1. The first-order valence-electron chi connectivity index (χ1n) is 11.9. The normalized spacial score (nSPS) is 13.2. The maximum atomic E-state index is 13.9. The summed E-state index contributed by atoms with van der Waals surface area (Å²) in [5.74, 6) is 1.55. The maximum absolute atomic E-state index is 13.9. The van der Waals surface area contributed by atoms with Gasteiger partial charge in [-0.2, -0.15) is 4.31 Å². The summed E-state index contributed by atoms with van der Waals surface area (Å²) < 4.78 is 45.6. The van der Waals surface area contributed by atoms with Crippen LogP contribution in [0.15, 0.2) is 70.4 Å². The number of H-pyrrole nitrogens is 1. The number of hydrogen-bond donors (Lipinski definition) is 1. The summed E-state index contributed by atoms with van der Waals surface area (Å²) in [4.78, 5) is 16.0. The van der Waals surface area contributed by atoms with Crippen molar-refractivity contribution in [3.63, 3.8) is 0 Å². The summed E-state index contributed by atoms with van der Waals surface area (Å²) in [6, 6.07) is 17.5. The number of ether oxygens (including phenoxy) is 3. The van der Waals surface area contributed by atoms with Crippen LogP contribution in [0.4, 0.5) is 0 Å². The van der Waals surface area contributed by atoms with Crippen molar-refractivity contribution >= 4 is 20.9 Å². The summed E-state index contributed by atoms with van der Waals surface area (Å²) >= 11 is 0. The van der Waals surface area contributed by atoms with Crippen molar-refractivity contribution in [2.75, 3.05) is 20.3 Å². The van der Waals surface area contributed by atoms with E-state index >= 15 is 0 Å². The lowest BCUT2D eigenvalue weighted by atomic mass is 10.0. The molecule has 9 heteroatoms. The molecule has 5 rings (SSSR count). The molecular formula is C28H28N2O6S. The molecule has 1 aliphatic heterocycles. The second-order valence-corrected chi connectivity index (χ2v) is 11.0. The molecule has 0 amide bonds. The molecule has 1 aliphatic rings. The summed E-state index contributed by atoms with van der Waals surface area (Å²) in [5.41, 5.74) is 3.55. The molecule has 0 spiro atoms. The first-order chi connectivity index (χ1) is 17.7. The SMILES string of the molecule is COc1ccc(CN(Cc2cc3c(C)cc(C)cc3[nH]c2=O)S(=O)(=O)c2ccc3c(c2)OCCO3)cc1. The molecule has 1 N–H and O–H groups in total. The molecule has 1 aromatic heterocycles. The van der Waals surface area contributed by atoms with Crippen LogP contribution in [0.2, 0.25) is 0 Å². The molecule has 4 aromatic rings. The van der Waals surface area contributed by atoms with E-state index in [2.05, 4.69) is 4.98 Å². The Morgan fingerprint density at radius 3 is 2.38 bits per heavy atom. The Morgan fingerprint density at radius 1 is 0.919 bits per heavy atom. The molecule has 192 valence electrons. The van der Waals surface area contributed by atoms with E-state index in [0.29, 0.717) is 36.0 Å². The van der Waals surface area contributed by atoms with Crippen LogP contribution in [0.3, 0.4) is 0 Å². The minimum Gasteiger partial charge on any atom is -0.497 e. The number of nitrogens with one attached hydrogen (secondary N) is 1. The van der Waals surface area contributed by atoms with Gasteiger partial charge in [-0.1, -0.05) is 18.2 Å². The van der Waals surface area contributed by atoms with Gasteiger partial charge >= 0.3 is 0 Å². The lowest BCUT2D eigenvalue weighted by molar-refractivity contribution is 0.171. The van der Waals surface area contributed by atoms with E-state index in [-0.39, 0.29) is 23.5 Å². The molecule has 0 fully saturated rings. The van der Waals surface area contributed by atoms with Gasteiger partial charge in [0.15, 0.2) is 11.5 Å². The number of benzene rings is 3. The minimum absolute atomic E-state index is 0.0606. The van der Waals surface area contributed by atoms with Gasteiger partial charge in [-0.05, 0) is 66.9 Å². The molecule has 0 unspecified atom stereocenters. The van der Waals surface area contributed by atoms with Crippen LogP contribution in [0.1, 0.15) is 22.3 Å². The predicted molar refractivity (Wildman–Crippen MR) is 141 cm³/mol. The summed E-state index contributed by atoms with van der Waals surface area (Å²) in [7, 11) is -2.45. The molecule has 0 bridgehead atoms. The van der Waals surface area contributed by atoms with E-state index in [1.807, 2.05) is 38.1 Å². The Balaban J connectivity index is 1.57. The molecule has 37 heavy (non-hydrogen) atoms. The van der Waals surface area contributed by atoms with Gasteiger partial charge in [0.1, 0.15) is 19.0 Å². The fraction of sp³-hybridized carbons (Fsp3) is 0.250. The van der Waals surface area contributed by atoms with Crippen molar-refractivity contribution in [3.8, 4) is 17.2 Å². The van der Waals surface area contributed by atoms with Gasteiger partial charge in [0, 0.05) is 35.6 Å². The zero-order chi connectivity index (χ0) is 26.2. The molecule has 0 radical (unpaired) electrons. The lowest BCUT2D eigenvalue weighted by Crippen LogP contribution is -2.32. The molecule has 0 saturated carbocycles. The topological polar surface area (TPSA) is 97.9 Å². The van der Waals surface area contributed by atoms with Crippen molar-refractivity contribution in [3.05, 3.63) is 93.3 Å². The maximum Gasteiger partial charge on any atom is 0.252 e. The zero-order valence-electron chi connectivity index (χ0n) is 20.9. The highest BCUT2D eigenvalue weighted by Gasteiger charge is 2.28. The Labute approximate surface area is 215 Å². The van der Waals surface area contributed by atoms with Crippen LogP contribution in [-0.2, 0) is 23.1 Å². The molecule has 0 aliphatic carbocycles. The highest BCUT2D eigenvalue weighted by molar-refractivity contribution is 7.89. The number of sulfonamides is 1. The van der Waals surface area contributed by atoms with Crippen molar-refractivity contribution in [1.29, 1.82) is 0 Å². The first-order valence-corrected chi connectivity index (χ1v) is 13.3. The van der Waals surface area contributed by atoms with Gasteiger partial charge < -0.3 is 19.2 Å². The Morgan fingerprint density at radius 2 is 1.65 bits per heavy atom. The first kappa shape index (κ1) is 24.9. The Hall–Kier alpha value is -3.82. The molecular weight excluding hydrogens is 492 g/mol. The minimum atomic E-state index is -4.02. The number of pyridine rings is 1. The van der Waals surface area contributed by atoms with Crippen molar-refractivity contribution < 1.29 is 22.6 Å². The third kappa shape index (κ3) is 5.05. The number of nitrogens with zero attached hydrogens (tertiary/aromatic N) is 1. The number of fused-ring (bicyclic) bond motifs is 2. The summed E-state index contributed by atoms with van der Waals surface area (Å²) in [6.45, 7) is 4.64. The third-order valence-corrected chi connectivity index (χ3v) is 8.19. The van der Waals surface area contributed by atoms with E-state index in [4.69, 9.17) is 14.2 Å². The number of hydrogen-bond acceptors (Lipinski definition) is 6. The largest absolute Gasteiger partial charge is 0.497 e. The average Bonchev–Trinajstić information content (AvgIpc) is 2.89. The van der Waals surface area contributed by atoms with Crippen molar-refractivity contribution in [2.24, 2.45) is 0 Å². The molecule has 2 heterocycles. The summed E-state index contributed by atoms with van der Waals surface area (Å²) in [5, 5.41) is 0.876. The zero-order valence-corrected chi connectivity index (χ0v) is 21.7. The standard InChI is InChI=1S/C28H28N2O6S/c1-18-12-19(2)24-14-21(28(31)29-25(24)13-18)17-30(16-20-4-6-22(34-3)7-5-20)37(32,33)23-8-9-26-27(15-23)36-11-10-35-26/h4-9,12-15H,10-11,16-17H2,1-3H3,(H,29,31). The second-order valence-electron chi connectivity index (χ2n) is 9.09. The number of aromatic amines is 1. The predicted octanol–water partition coefficient (Wildman–Crippen LogP) is 4.32. The van der Waals surface area contributed by atoms with E-state index in [1.165, 1.54) is 16.4 Å². The fourth-order valence-electron chi connectivity index (χ4n) is 4.52. The van der Waals surface area contributed by atoms with Gasteiger partial charge in [0.25, 0.3) is 5.56 Å². The van der Waals surface area contributed by atoms with Gasteiger partial charge in [-0.25, -0.2) is 8.42 Å². The highest BCUT2D eigenvalue weighted by Crippen LogP contribution is 2.34. The van der Waals surface area contributed by atoms with E-state index in [0.717, 1.165) is 27.6 Å². The van der Waals surface area contributed by atoms with Crippen LogP contribution in [0.25, 0.3) is 10.9 Å². The quantitative estimate of drug-likeness (QED) is 0.390. The van der Waals surface area contributed by atoms with Gasteiger partial charge in [-0.3, -0.25) is 4.79 Å². The van der Waals surface area contributed by atoms with E-state index in [1.54, 1.807) is 31.4 Å². The van der Waals surface area contributed by atoms with E-state index in [9.17, 15) is 13.2 Å². The monoisotopic (exact) mass is 520 g/mol. The van der Waals surface area contributed by atoms with Crippen LogP contribution < -0.4 is 19.8 Å². The average molecular weight is 521 g/mol. The Bertz CT molecular complexity index is 1630. The summed E-state index contributed by atoms with van der Waals surface area (Å²) in [6.07, 6.45) is 0. The lowest BCUT2D eigenvalue weighted by Gasteiger charge is -2.24. The number of rotatable bonds is 7. The smallest absolute Gasteiger partial charge is 0.252 e. The van der Waals surface area contributed by atoms with Crippen molar-refractivity contribution in [1.82, 2.24) is 9.29 Å². The van der Waals surface area contributed by atoms with Crippen molar-refractivity contribution in [2.45, 2.75) is 31.8 Å². The van der Waals surface area contributed by atoms with Crippen LogP contribution in [0.5, 0.6) is 17.2 Å². The molecule has 8 nitrogen and oxygen atoms in total. The van der Waals surface area contributed by atoms with Crippen LogP contribution in [-0.4, -0.2) is 38.0 Å². The molecule has 3 aromatic carbocycles. The van der Waals surface area contributed by atoms with E-state index < -0.39 is 10.0 Å². The third-order valence-electron chi connectivity index (χ3n) is 6.41. The van der Waals surface area contributed by atoms with Crippen LogP contribution >= 0.6 is 0 Å². The second kappa shape index (κ2) is 9.91. The Kier molecular flexibility index (Phi) is 6.66. The fourth-order valence-corrected chi connectivity index (χ4v) is 5.94. The van der Waals surface area contributed by atoms with Gasteiger partial charge in [0.2, 0.25) is 10.0 Å². The molecule has 0 saturated heterocycles. The number of aromatic nitrogens is 1. The number of aryl methyl sites for hydroxylation is 2. The van der Waals surface area contributed by atoms with Gasteiger partial charge in [0.05, 0.1) is 12.0 Å². The van der Waals surface area contributed by atoms with Gasteiger partial charge in [-0.15, -0.1) is 0 Å². The molecule has 0 atom stereocenters. The highest BCUT2D eigenvalue weighted by atomic mass is 32.2.